The highest BCUT2D eigenvalue weighted by Gasteiger charge is 2.17. The molecule has 0 bridgehead atoms. The van der Waals surface area contributed by atoms with Crippen LogP contribution in [0, 0.1) is 0 Å². The molecule has 3 aromatic heterocycles. The number of para-hydroxylation sites is 1. The number of nitrogens with zero attached hydrogens (tertiary/aromatic N) is 6. The van der Waals surface area contributed by atoms with Gasteiger partial charge in [0.2, 0.25) is 5.82 Å². The van der Waals surface area contributed by atoms with E-state index in [1.54, 1.807) is 10.8 Å². The van der Waals surface area contributed by atoms with Crippen molar-refractivity contribution in [1.29, 1.82) is 0 Å². The largest absolute Gasteiger partial charge is 0.333 e. The van der Waals surface area contributed by atoms with Gasteiger partial charge in [0.05, 0.1) is 22.9 Å². The first-order valence-electron chi connectivity index (χ1n) is 12.5. The lowest BCUT2D eigenvalue weighted by atomic mass is 10.0. The topological polar surface area (TPSA) is 94.3 Å². The molecule has 8 nitrogen and oxygen atoms in total. The number of rotatable bonds is 9. The summed E-state index contributed by atoms with van der Waals surface area (Å²) in [6, 6.07) is 17.6. The maximum Gasteiger partial charge on any atom is 0.333 e. The normalized spacial score (nSPS) is 11.2. The SMILES string of the molecule is CCCCc1cn(-c2c(Cl)cccc2CC)c(=O)n1Cc1ccc(-c2ncccc2-c2nn[nH]n2)cc1. The van der Waals surface area contributed by atoms with Gasteiger partial charge in [-0.25, -0.2) is 4.79 Å². The fourth-order valence-corrected chi connectivity index (χ4v) is 4.86. The molecular weight excluding hydrogens is 486 g/mol. The van der Waals surface area contributed by atoms with Crippen molar-refractivity contribution in [2.24, 2.45) is 0 Å². The van der Waals surface area contributed by atoms with Crippen molar-refractivity contribution in [3.63, 3.8) is 0 Å². The Morgan fingerprint density at radius 3 is 2.59 bits per heavy atom. The van der Waals surface area contributed by atoms with E-state index in [1.807, 2.05) is 65.4 Å². The molecule has 0 radical (unpaired) electrons. The summed E-state index contributed by atoms with van der Waals surface area (Å²) in [6.07, 6.45) is 7.37. The highest BCUT2D eigenvalue weighted by Crippen LogP contribution is 2.28. The van der Waals surface area contributed by atoms with E-state index in [1.165, 1.54) is 0 Å². The van der Waals surface area contributed by atoms with Crippen molar-refractivity contribution in [2.75, 3.05) is 0 Å². The Hall–Kier alpha value is -4.04. The van der Waals surface area contributed by atoms with Gasteiger partial charge in [0, 0.05) is 29.2 Å². The van der Waals surface area contributed by atoms with Crippen molar-refractivity contribution < 1.29 is 0 Å². The van der Waals surface area contributed by atoms with Gasteiger partial charge in [-0.2, -0.15) is 5.21 Å². The monoisotopic (exact) mass is 513 g/mol. The fraction of sp³-hybridized carbons (Fsp3) is 0.250. The Labute approximate surface area is 220 Å². The Morgan fingerprint density at radius 2 is 1.86 bits per heavy atom. The highest BCUT2D eigenvalue weighted by molar-refractivity contribution is 6.32. The molecule has 0 atom stereocenters. The molecule has 0 saturated heterocycles. The van der Waals surface area contributed by atoms with E-state index < -0.39 is 0 Å². The second-order valence-electron chi connectivity index (χ2n) is 8.90. The summed E-state index contributed by atoms with van der Waals surface area (Å²) in [5.74, 6) is 0.492. The Kier molecular flexibility index (Phi) is 7.28. The summed E-state index contributed by atoms with van der Waals surface area (Å²) < 4.78 is 3.57. The van der Waals surface area contributed by atoms with Crippen LogP contribution in [-0.2, 0) is 19.4 Å². The molecule has 0 amide bonds. The Balaban J connectivity index is 1.50. The molecule has 5 rings (SSSR count). The number of aromatic nitrogens is 7. The van der Waals surface area contributed by atoms with Gasteiger partial charge in [0.1, 0.15) is 0 Å². The van der Waals surface area contributed by atoms with Crippen LogP contribution in [0.15, 0.2) is 71.8 Å². The average molecular weight is 514 g/mol. The van der Waals surface area contributed by atoms with E-state index in [4.69, 9.17) is 11.6 Å². The van der Waals surface area contributed by atoms with Gasteiger partial charge in [0.25, 0.3) is 0 Å². The second kappa shape index (κ2) is 10.9. The van der Waals surface area contributed by atoms with Crippen molar-refractivity contribution in [2.45, 2.75) is 46.1 Å². The number of nitrogens with one attached hydrogen (secondary N) is 1. The third-order valence-corrected chi connectivity index (χ3v) is 6.81. The zero-order chi connectivity index (χ0) is 25.8. The van der Waals surface area contributed by atoms with Crippen LogP contribution in [0.5, 0.6) is 0 Å². The Bertz CT molecular complexity index is 1550. The quantitative estimate of drug-likeness (QED) is 0.281. The van der Waals surface area contributed by atoms with Crippen LogP contribution in [-0.4, -0.2) is 34.7 Å². The van der Waals surface area contributed by atoms with Crippen molar-refractivity contribution in [1.82, 2.24) is 34.7 Å². The number of benzene rings is 2. The van der Waals surface area contributed by atoms with E-state index in [-0.39, 0.29) is 5.69 Å². The van der Waals surface area contributed by atoms with Crippen molar-refractivity contribution >= 4 is 11.6 Å². The third-order valence-electron chi connectivity index (χ3n) is 6.50. The van der Waals surface area contributed by atoms with Gasteiger partial charge in [-0.1, -0.05) is 68.3 Å². The number of aromatic amines is 1. The summed E-state index contributed by atoms with van der Waals surface area (Å²) in [5.41, 5.74) is 6.26. The predicted octanol–water partition coefficient (Wildman–Crippen LogP) is 5.49. The molecule has 3 heterocycles. The van der Waals surface area contributed by atoms with Crippen LogP contribution in [0.1, 0.15) is 43.5 Å². The van der Waals surface area contributed by atoms with Crippen molar-refractivity contribution in [3.05, 3.63) is 99.3 Å². The highest BCUT2D eigenvalue weighted by atomic mass is 35.5. The smallest absolute Gasteiger partial charge is 0.292 e. The first-order chi connectivity index (χ1) is 18.1. The zero-order valence-corrected chi connectivity index (χ0v) is 21.6. The maximum atomic E-state index is 13.7. The van der Waals surface area contributed by atoms with E-state index in [2.05, 4.69) is 39.5 Å². The number of unbranched alkanes of at least 4 members (excludes halogenated alkanes) is 1. The standard InChI is InChI=1S/C28H28ClN7O/c1-3-5-9-22-18-36(26-20(4-2)8-6-11-24(26)29)28(37)35(22)17-19-12-14-21(15-13-19)25-23(10-7-16-30-25)27-31-33-34-32-27/h6-8,10-16,18H,3-5,9,17H2,1-2H3,(H,31,32,33,34). The van der Waals surface area contributed by atoms with E-state index >= 15 is 0 Å². The molecule has 0 saturated carbocycles. The van der Waals surface area contributed by atoms with Gasteiger partial charge in [-0.15, -0.1) is 10.2 Å². The molecule has 0 unspecified atom stereocenters. The lowest BCUT2D eigenvalue weighted by molar-refractivity contribution is 0.673. The maximum absolute atomic E-state index is 13.7. The van der Waals surface area contributed by atoms with Gasteiger partial charge in [-0.05, 0) is 53.8 Å². The predicted molar refractivity (Wildman–Crippen MR) is 145 cm³/mol. The number of imidazole rings is 1. The minimum atomic E-state index is -0.0814. The van der Waals surface area contributed by atoms with Crippen LogP contribution < -0.4 is 5.69 Å². The number of aryl methyl sites for hydroxylation is 2. The first kappa shape index (κ1) is 24.6. The molecule has 0 aliphatic rings. The summed E-state index contributed by atoms with van der Waals surface area (Å²) in [7, 11) is 0. The van der Waals surface area contributed by atoms with E-state index in [9.17, 15) is 4.79 Å². The van der Waals surface area contributed by atoms with E-state index in [0.717, 1.165) is 65.0 Å². The van der Waals surface area contributed by atoms with Crippen molar-refractivity contribution in [3.8, 4) is 28.3 Å². The first-order valence-corrected chi connectivity index (χ1v) is 12.9. The number of H-pyrrole nitrogens is 1. The number of hydrogen-bond acceptors (Lipinski definition) is 5. The zero-order valence-electron chi connectivity index (χ0n) is 20.9. The summed E-state index contributed by atoms with van der Waals surface area (Å²) >= 11 is 6.58. The van der Waals surface area contributed by atoms with Gasteiger partial charge in [0.15, 0.2) is 0 Å². The lowest BCUT2D eigenvalue weighted by Gasteiger charge is -2.10. The molecule has 0 fully saturated rings. The molecule has 0 spiro atoms. The molecular formula is C28H28ClN7O. The molecule has 2 aromatic carbocycles. The fourth-order valence-electron chi connectivity index (χ4n) is 4.57. The van der Waals surface area contributed by atoms with E-state index in [0.29, 0.717) is 17.4 Å². The number of pyridine rings is 1. The summed E-state index contributed by atoms with van der Waals surface area (Å²) in [5, 5.41) is 14.9. The van der Waals surface area contributed by atoms with Gasteiger partial charge in [-0.3, -0.25) is 14.1 Å². The second-order valence-corrected chi connectivity index (χ2v) is 9.30. The van der Waals surface area contributed by atoms with Crippen LogP contribution in [0.2, 0.25) is 5.02 Å². The summed E-state index contributed by atoms with van der Waals surface area (Å²) in [4.78, 5) is 18.2. The number of tetrazole rings is 1. The summed E-state index contributed by atoms with van der Waals surface area (Å²) in [6.45, 7) is 4.70. The van der Waals surface area contributed by atoms with Crippen LogP contribution in [0.4, 0.5) is 0 Å². The Morgan fingerprint density at radius 1 is 1.03 bits per heavy atom. The molecule has 9 heteroatoms. The van der Waals surface area contributed by atoms with Gasteiger partial charge < -0.3 is 0 Å². The van der Waals surface area contributed by atoms with Gasteiger partial charge >= 0.3 is 5.69 Å². The molecule has 5 aromatic rings. The molecule has 188 valence electrons. The lowest BCUT2D eigenvalue weighted by Crippen LogP contribution is -2.25. The number of halogens is 1. The molecule has 37 heavy (non-hydrogen) atoms. The molecule has 0 aliphatic carbocycles. The minimum Gasteiger partial charge on any atom is -0.292 e. The van der Waals surface area contributed by atoms with Crippen LogP contribution in [0.25, 0.3) is 28.3 Å². The average Bonchev–Trinajstić information content (AvgIpc) is 3.57. The molecule has 0 aliphatic heterocycles. The third kappa shape index (κ3) is 4.97. The van der Waals surface area contributed by atoms with Crippen LogP contribution in [0.3, 0.4) is 0 Å². The van der Waals surface area contributed by atoms with Crippen LogP contribution >= 0.6 is 11.6 Å². The minimum absolute atomic E-state index is 0.0814. The number of hydrogen-bond donors (Lipinski definition) is 1. The molecule has 1 N–H and O–H groups in total.